The van der Waals surface area contributed by atoms with Gasteiger partial charge in [-0.05, 0) is 45.1 Å². The minimum Gasteiger partial charge on any atom is -0.497 e. The Kier molecular flexibility index (Phi) is 5.70. The molecule has 1 aliphatic rings. The van der Waals surface area contributed by atoms with Crippen LogP contribution >= 0.6 is 0 Å². The number of ether oxygens (including phenoxy) is 2. The number of nitrogens with one attached hydrogen (secondary N) is 1. The molecule has 1 aliphatic heterocycles. The summed E-state index contributed by atoms with van der Waals surface area (Å²) in [5.74, 6) is 1.89. The quantitative estimate of drug-likeness (QED) is 0.838. The molecule has 0 saturated carbocycles. The minimum absolute atomic E-state index is 0.0582. The Morgan fingerprint density at radius 3 is 2.64 bits per heavy atom. The molecule has 2 rings (SSSR count). The van der Waals surface area contributed by atoms with Crippen LogP contribution in [0, 0.1) is 0 Å². The highest BCUT2D eigenvalue weighted by atomic mass is 16.5. The third kappa shape index (κ3) is 3.73. The van der Waals surface area contributed by atoms with Crippen LogP contribution in [0.15, 0.2) is 18.2 Å². The van der Waals surface area contributed by atoms with E-state index in [0.717, 1.165) is 43.9 Å². The number of likely N-dealkylation sites (N-methyl/N-ethyl adjacent to an activating group) is 1. The molecule has 0 radical (unpaired) electrons. The fraction of sp³-hybridized carbons (Fsp3) is 0.667. The van der Waals surface area contributed by atoms with E-state index < -0.39 is 0 Å². The van der Waals surface area contributed by atoms with Crippen LogP contribution in [0.3, 0.4) is 0 Å². The predicted octanol–water partition coefficient (Wildman–Crippen LogP) is 3.23. The first-order valence-corrected chi connectivity index (χ1v) is 8.28. The standard InChI is InChI=1S/C18H30N2O2/c1-6-18(7-2)13-16(19-10-11-20(3)4)15-12-14(21-5)8-9-17(15)22-18/h8-9,12,16,19H,6-7,10-11,13H2,1-5H3. The molecule has 1 atom stereocenters. The van der Waals surface area contributed by atoms with Crippen molar-refractivity contribution in [3.05, 3.63) is 23.8 Å². The van der Waals surface area contributed by atoms with E-state index in [-0.39, 0.29) is 5.60 Å². The van der Waals surface area contributed by atoms with Crippen LogP contribution in [0.1, 0.15) is 44.7 Å². The molecule has 0 aromatic heterocycles. The Morgan fingerprint density at radius 2 is 2.05 bits per heavy atom. The maximum atomic E-state index is 6.37. The van der Waals surface area contributed by atoms with Crippen molar-refractivity contribution in [2.45, 2.75) is 44.8 Å². The van der Waals surface area contributed by atoms with Gasteiger partial charge in [-0.3, -0.25) is 0 Å². The highest BCUT2D eigenvalue weighted by Crippen LogP contribution is 2.43. The molecular weight excluding hydrogens is 276 g/mol. The summed E-state index contributed by atoms with van der Waals surface area (Å²) in [5, 5.41) is 3.71. The van der Waals surface area contributed by atoms with Gasteiger partial charge in [0.25, 0.3) is 0 Å². The van der Waals surface area contributed by atoms with Crippen molar-refractivity contribution in [3.63, 3.8) is 0 Å². The fourth-order valence-electron chi connectivity index (χ4n) is 3.10. The van der Waals surface area contributed by atoms with Gasteiger partial charge in [0.2, 0.25) is 0 Å². The molecule has 0 bridgehead atoms. The van der Waals surface area contributed by atoms with Crippen molar-refractivity contribution in [1.82, 2.24) is 10.2 Å². The second-order valence-electron chi connectivity index (χ2n) is 6.41. The van der Waals surface area contributed by atoms with Gasteiger partial charge in [-0.25, -0.2) is 0 Å². The van der Waals surface area contributed by atoms with Crippen LogP contribution in [-0.4, -0.2) is 44.8 Å². The predicted molar refractivity (Wildman–Crippen MR) is 90.8 cm³/mol. The highest BCUT2D eigenvalue weighted by molar-refractivity contribution is 5.44. The van der Waals surface area contributed by atoms with E-state index >= 15 is 0 Å². The molecule has 1 aromatic rings. The molecule has 0 spiro atoms. The maximum Gasteiger partial charge on any atom is 0.125 e. The van der Waals surface area contributed by atoms with Gasteiger partial charge in [0.1, 0.15) is 17.1 Å². The van der Waals surface area contributed by atoms with Gasteiger partial charge in [-0.2, -0.15) is 0 Å². The summed E-state index contributed by atoms with van der Waals surface area (Å²) in [4.78, 5) is 2.20. The number of fused-ring (bicyclic) bond motifs is 1. The van der Waals surface area contributed by atoms with Crippen LogP contribution in [0.2, 0.25) is 0 Å². The largest absolute Gasteiger partial charge is 0.497 e. The van der Waals surface area contributed by atoms with E-state index in [1.165, 1.54) is 5.56 Å². The topological polar surface area (TPSA) is 33.7 Å². The van der Waals surface area contributed by atoms with Gasteiger partial charge < -0.3 is 19.7 Å². The Balaban J connectivity index is 2.25. The first-order chi connectivity index (χ1) is 10.5. The summed E-state index contributed by atoms with van der Waals surface area (Å²) in [6.45, 7) is 6.43. The molecule has 1 N–H and O–H groups in total. The molecule has 4 nitrogen and oxygen atoms in total. The maximum absolute atomic E-state index is 6.37. The smallest absolute Gasteiger partial charge is 0.125 e. The lowest BCUT2D eigenvalue weighted by molar-refractivity contribution is 0.0225. The van der Waals surface area contributed by atoms with E-state index in [0.29, 0.717) is 6.04 Å². The minimum atomic E-state index is -0.0582. The van der Waals surface area contributed by atoms with Crippen LogP contribution in [0.25, 0.3) is 0 Å². The average molecular weight is 306 g/mol. The SMILES string of the molecule is CCC1(CC)CC(NCCN(C)C)c2cc(OC)ccc2O1. The number of hydrogen-bond acceptors (Lipinski definition) is 4. The fourth-order valence-corrected chi connectivity index (χ4v) is 3.10. The summed E-state index contributed by atoms with van der Waals surface area (Å²) < 4.78 is 11.8. The summed E-state index contributed by atoms with van der Waals surface area (Å²) in [6.07, 6.45) is 3.06. The molecule has 1 heterocycles. The first-order valence-electron chi connectivity index (χ1n) is 8.28. The lowest BCUT2D eigenvalue weighted by atomic mass is 9.83. The molecule has 4 heteroatoms. The van der Waals surface area contributed by atoms with Gasteiger partial charge in [0, 0.05) is 31.1 Å². The van der Waals surface area contributed by atoms with Gasteiger partial charge in [0.05, 0.1) is 7.11 Å². The molecule has 0 saturated heterocycles. The van der Waals surface area contributed by atoms with Gasteiger partial charge in [-0.15, -0.1) is 0 Å². The van der Waals surface area contributed by atoms with Crippen molar-refractivity contribution >= 4 is 0 Å². The number of nitrogens with zero attached hydrogens (tertiary/aromatic N) is 1. The summed E-state index contributed by atoms with van der Waals surface area (Å²) in [5.41, 5.74) is 1.16. The summed E-state index contributed by atoms with van der Waals surface area (Å²) >= 11 is 0. The zero-order valence-corrected chi connectivity index (χ0v) is 14.6. The van der Waals surface area contributed by atoms with Crippen molar-refractivity contribution in [2.24, 2.45) is 0 Å². The zero-order chi connectivity index (χ0) is 16.2. The summed E-state index contributed by atoms with van der Waals surface area (Å²) in [7, 11) is 5.91. The van der Waals surface area contributed by atoms with Crippen molar-refractivity contribution in [2.75, 3.05) is 34.3 Å². The number of hydrogen-bond donors (Lipinski definition) is 1. The highest BCUT2D eigenvalue weighted by Gasteiger charge is 2.38. The third-order valence-corrected chi connectivity index (χ3v) is 4.73. The number of methoxy groups -OCH3 is 1. The number of benzene rings is 1. The monoisotopic (exact) mass is 306 g/mol. The first kappa shape index (κ1) is 17.1. The average Bonchev–Trinajstić information content (AvgIpc) is 2.53. The van der Waals surface area contributed by atoms with Gasteiger partial charge in [-0.1, -0.05) is 13.8 Å². The third-order valence-electron chi connectivity index (χ3n) is 4.73. The second kappa shape index (κ2) is 7.34. The molecule has 0 fully saturated rings. The normalized spacial score (nSPS) is 19.6. The van der Waals surface area contributed by atoms with E-state index in [2.05, 4.69) is 44.2 Å². The molecule has 0 aliphatic carbocycles. The van der Waals surface area contributed by atoms with Crippen molar-refractivity contribution < 1.29 is 9.47 Å². The van der Waals surface area contributed by atoms with Crippen molar-refractivity contribution in [3.8, 4) is 11.5 Å². The lowest BCUT2D eigenvalue weighted by Gasteiger charge is -2.42. The lowest BCUT2D eigenvalue weighted by Crippen LogP contribution is -2.44. The van der Waals surface area contributed by atoms with Crippen LogP contribution < -0.4 is 14.8 Å². The molecule has 1 aromatic carbocycles. The molecule has 0 amide bonds. The summed E-state index contributed by atoms with van der Waals surface area (Å²) in [6, 6.07) is 6.46. The van der Waals surface area contributed by atoms with E-state index in [4.69, 9.17) is 9.47 Å². The molecule has 1 unspecified atom stereocenters. The molecule has 124 valence electrons. The van der Waals surface area contributed by atoms with E-state index in [9.17, 15) is 0 Å². The Hall–Kier alpha value is -1.26. The Morgan fingerprint density at radius 1 is 1.32 bits per heavy atom. The molecular formula is C18H30N2O2. The second-order valence-corrected chi connectivity index (χ2v) is 6.41. The van der Waals surface area contributed by atoms with Gasteiger partial charge >= 0.3 is 0 Å². The number of rotatable bonds is 7. The Labute approximate surface area is 134 Å². The molecule has 22 heavy (non-hydrogen) atoms. The zero-order valence-electron chi connectivity index (χ0n) is 14.6. The van der Waals surface area contributed by atoms with E-state index in [1.807, 2.05) is 12.1 Å². The van der Waals surface area contributed by atoms with Crippen LogP contribution in [0.4, 0.5) is 0 Å². The van der Waals surface area contributed by atoms with Crippen LogP contribution in [0.5, 0.6) is 11.5 Å². The Bertz CT molecular complexity index is 484. The van der Waals surface area contributed by atoms with E-state index in [1.54, 1.807) is 7.11 Å². The van der Waals surface area contributed by atoms with Crippen LogP contribution in [-0.2, 0) is 0 Å². The van der Waals surface area contributed by atoms with Gasteiger partial charge in [0.15, 0.2) is 0 Å². The van der Waals surface area contributed by atoms with Crippen molar-refractivity contribution in [1.29, 1.82) is 0 Å².